The predicted octanol–water partition coefficient (Wildman–Crippen LogP) is 0.336. The summed E-state index contributed by atoms with van der Waals surface area (Å²) in [6.45, 7) is 3.43. The minimum atomic E-state index is -4.10. The third-order valence-electron chi connectivity index (χ3n) is 1.86. The van der Waals surface area contributed by atoms with Crippen LogP contribution in [0.4, 0.5) is 0 Å². The lowest BCUT2D eigenvalue weighted by Crippen LogP contribution is -2.24. The van der Waals surface area contributed by atoms with Crippen LogP contribution in [-0.2, 0) is 25.0 Å². The van der Waals surface area contributed by atoms with Crippen LogP contribution >= 0.6 is 0 Å². The Morgan fingerprint density at radius 1 is 0.941 bits per heavy atom. The van der Waals surface area contributed by atoms with E-state index in [-0.39, 0.29) is 18.9 Å². The Labute approximate surface area is 102 Å². The molecule has 2 N–H and O–H groups in total. The van der Waals surface area contributed by atoms with E-state index in [9.17, 15) is 16.8 Å². The van der Waals surface area contributed by atoms with Crippen LogP contribution in [0.15, 0.2) is 0 Å². The second-order valence-corrected chi connectivity index (χ2v) is 7.10. The molecule has 0 aromatic heterocycles. The Morgan fingerprint density at radius 3 is 1.53 bits per heavy atom. The second-order valence-electron chi connectivity index (χ2n) is 3.96. The number of ether oxygens (including phenoxy) is 1. The monoisotopic (exact) mass is 290 g/mol. The molecule has 0 aliphatic heterocycles. The van der Waals surface area contributed by atoms with Gasteiger partial charge in [-0.15, -0.1) is 0 Å². The third kappa shape index (κ3) is 12.0. The summed E-state index contributed by atoms with van der Waals surface area (Å²) in [6.07, 6.45) is -0.888. The molecule has 0 unspecified atom stereocenters. The molecule has 0 saturated heterocycles. The molecule has 0 atom stereocenters. The van der Waals surface area contributed by atoms with Gasteiger partial charge in [0.25, 0.3) is 20.2 Å². The van der Waals surface area contributed by atoms with Crippen molar-refractivity contribution in [3.05, 3.63) is 0 Å². The van der Waals surface area contributed by atoms with E-state index in [4.69, 9.17) is 13.8 Å². The van der Waals surface area contributed by atoms with E-state index in [0.717, 1.165) is 0 Å². The summed E-state index contributed by atoms with van der Waals surface area (Å²) in [5.41, 5.74) is 0. The highest BCUT2D eigenvalue weighted by Gasteiger charge is 2.18. The van der Waals surface area contributed by atoms with Gasteiger partial charge < -0.3 is 4.74 Å². The average molecular weight is 290 g/mol. The highest BCUT2D eigenvalue weighted by molar-refractivity contribution is 7.86. The highest BCUT2D eigenvalue weighted by Crippen LogP contribution is 2.10. The van der Waals surface area contributed by atoms with Crippen molar-refractivity contribution < 1.29 is 30.7 Å². The van der Waals surface area contributed by atoms with Gasteiger partial charge in [0.15, 0.2) is 0 Å². The van der Waals surface area contributed by atoms with Crippen LogP contribution in [0.25, 0.3) is 0 Å². The predicted molar refractivity (Wildman–Crippen MR) is 62.1 cm³/mol. The first-order valence-corrected chi connectivity index (χ1v) is 8.27. The molecular weight excluding hydrogens is 272 g/mol. The van der Waals surface area contributed by atoms with Crippen LogP contribution < -0.4 is 0 Å². The molecule has 0 radical (unpaired) electrons. The average Bonchev–Trinajstić information content (AvgIpc) is 2.06. The Morgan fingerprint density at radius 2 is 1.29 bits per heavy atom. The fourth-order valence-electron chi connectivity index (χ4n) is 1.23. The fourth-order valence-corrected chi connectivity index (χ4v) is 2.35. The van der Waals surface area contributed by atoms with Crippen molar-refractivity contribution in [2.45, 2.75) is 38.9 Å². The van der Waals surface area contributed by atoms with Gasteiger partial charge in [-0.25, -0.2) is 0 Å². The number of hydrogen-bond acceptors (Lipinski definition) is 5. The Kier molecular flexibility index (Phi) is 6.56. The molecule has 0 amide bonds. The van der Waals surface area contributed by atoms with E-state index in [1.54, 1.807) is 13.8 Å². The zero-order valence-electron chi connectivity index (χ0n) is 9.74. The zero-order chi connectivity index (χ0) is 13.7. The van der Waals surface area contributed by atoms with Crippen molar-refractivity contribution >= 4 is 20.2 Å². The normalized spacial score (nSPS) is 13.5. The van der Waals surface area contributed by atoms with E-state index in [0.29, 0.717) is 0 Å². The van der Waals surface area contributed by atoms with Gasteiger partial charge in [0.2, 0.25) is 0 Å². The molecule has 0 rings (SSSR count). The van der Waals surface area contributed by atoms with Crippen LogP contribution in [0.5, 0.6) is 0 Å². The van der Waals surface area contributed by atoms with Crippen molar-refractivity contribution in [3.63, 3.8) is 0 Å². The van der Waals surface area contributed by atoms with Gasteiger partial charge in [-0.2, -0.15) is 16.8 Å². The first-order valence-electron chi connectivity index (χ1n) is 5.05. The van der Waals surface area contributed by atoms with Crippen LogP contribution in [0.3, 0.4) is 0 Å². The quantitative estimate of drug-likeness (QED) is 0.618. The molecule has 0 fully saturated rings. The van der Waals surface area contributed by atoms with Crippen LogP contribution in [0.1, 0.15) is 26.7 Å². The second kappa shape index (κ2) is 6.64. The lowest BCUT2D eigenvalue weighted by atomic mass is 10.2. The van der Waals surface area contributed by atoms with Gasteiger partial charge in [-0.3, -0.25) is 9.11 Å². The van der Waals surface area contributed by atoms with Crippen molar-refractivity contribution in [2.75, 3.05) is 11.5 Å². The van der Waals surface area contributed by atoms with Gasteiger partial charge in [0.05, 0.1) is 23.7 Å². The molecule has 0 spiro atoms. The van der Waals surface area contributed by atoms with Crippen molar-refractivity contribution in [1.29, 1.82) is 0 Å². The molecule has 104 valence electrons. The van der Waals surface area contributed by atoms with Crippen molar-refractivity contribution in [1.82, 2.24) is 0 Å². The largest absolute Gasteiger partial charge is 0.375 e. The van der Waals surface area contributed by atoms with Gasteiger partial charge in [0, 0.05) is 0 Å². The maximum atomic E-state index is 10.6. The molecule has 0 bridgehead atoms. The van der Waals surface area contributed by atoms with Gasteiger partial charge in [0.1, 0.15) is 0 Å². The summed E-state index contributed by atoms with van der Waals surface area (Å²) >= 11 is 0. The molecule has 17 heavy (non-hydrogen) atoms. The molecular formula is C8H18O7S2. The van der Waals surface area contributed by atoms with Crippen molar-refractivity contribution in [3.8, 4) is 0 Å². The Balaban J connectivity index is 4.34. The van der Waals surface area contributed by atoms with Crippen LogP contribution in [0, 0.1) is 0 Å². The summed E-state index contributed by atoms with van der Waals surface area (Å²) in [5.74, 6) is -1.01. The number of hydrogen-bond donors (Lipinski definition) is 2. The minimum Gasteiger partial charge on any atom is -0.375 e. The topological polar surface area (TPSA) is 118 Å². The molecule has 0 aliphatic carbocycles. The van der Waals surface area contributed by atoms with E-state index in [1.165, 1.54) is 0 Å². The maximum absolute atomic E-state index is 10.6. The molecule has 0 heterocycles. The first-order chi connectivity index (χ1) is 7.49. The maximum Gasteiger partial charge on any atom is 0.264 e. The summed E-state index contributed by atoms with van der Waals surface area (Å²) in [5, 5.41) is 0. The lowest BCUT2D eigenvalue weighted by molar-refractivity contribution is 0.00459. The standard InChI is InChI=1S/C8H18O7S2/c1-7(2)15-8(3-5-16(9,10)11)4-6-17(12,13)14/h7-8H,3-6H2,1-2H3,(H,9,10,11)(H,12,13,14). The van der Waals surface area contributed by atoms with Crippen LogP contribution in [0.2, 0.25) is 0 Å². The smallest absolute Gasteiger partial charge is 0.264 e. The minimum absolute atomic E-state index is 0.0213. The fraction of sp³-hybridized carbons (Fsp3) is 1.00. The SMILES string of the molecule is CC(C)OC(CCS(=O)(=O)O)CCS(=O)(=O)O. The van der Waals surface area contributed by atoms with E-state index >= 15 is 0 Å². The summed E-state index contributed by atoms with van der Waals surface area (Å²) in [7, 11) is -8.20. The van der Waals surface area contributed by atoms with E-state index in [1.807, 2.05) is 0 Å². The summed E-state index contributed by atoms with van der Waals surface area (Å²) in [4.78, 5) is 0. The Bertz CT molecular complexity index is 373. The van der Waals surface area contributed by atoms with Gasteiger partial charge >= 0.3 is 0 Å². The molecule has 0 saturated carbocycles. The highest BCUT2D eigenvalue weighted by atomic mass is 32.2. The van der Waals surface area contributed by atoms with E-state index in [2.05, 4.69) is 0 Å². The van der Waals surface area contributed by atoms with Gasteiger partial charge in [-0.1, -0.05) is 0 Å². The third-order valence-corrected chi connectivity index (χ3v) is 3.36. The molecule has 0 aliphatic rings. The summed E-state index contributed by atoms with van der Waals surface area (Å²) in [6, 6.07) is 0. The molecule has 0 aromatic rings. The lowest BCUT2D eigenvalue weighted by Gasteiger charge is -2.19. The molecule has 9 heteroatoms. The van der Waals surface area contributed by atoms with E-state index < -0.39 is 37.8 Å². The zero-order valence-corrected chi connectivity index (χ0v) is 11.4. The Hall–Kier alpha value is -0.220. The van der Waals surface area contributed by atoms with Crippen LogP contribution in [-0.4, -0.2) is 49.7 Å². The summed E-state index contributed by atoms with van der Waals surface area (Å²) < 4.78 is 64.7. The molecule has 0 aromatic carbocycles. The van der Waals surface area contributed by atoms with Gasteiger partial charge in [-0.05, 0) is 26.7 Å². The number of rotatable bonds is 8. The first kappa shape index (κ1) is 16.8. The van der Waals surface area contributed by atoms with Crippen molar-refractivity contribution in [2.24, 2.45) is 0 Å². The molecule has 7 nitrogen and oxygen atoms in total.